The van der Waals surface area contributed by atoms with Gasteiger partial charge in [-0.25, -0.2) is 13.2 Å². The van der Waals surface area contributed by atoms with E-state index in [1.807, 2.05) is 0 Å². The number of nitrogens with zero attached hydrogens (tertiary/aromatic N) is 2. The summed E-state index contributed by atoms with van der Waals surface area (Å²) in [5, 5.41) is 0.792. The Balaban J connectivity index is 1.49. The van der Waals surface area contributed by atoms with Gasteiger partial charge in [0.2, 0.25) is 10.0 Å². The maximum absolute atomic E-state index is 13.2. The van der Waals surface area contributed by atoms with Crippen molar-refractivity contribution < 1.29 is 27.2 Å². The molecule has 0 spiro atoms. The van der Waals surface area contributed by atoms with Gasteiger partial charge in [0, 0.05) is 48.9 Å². The monoisotopic (exact) mass is 483 g/mol. The highest BCUT2D eigenvalue weighted by molar-refractivity contribution is 7.89. The van der Waals surface area contributed by atoms with E-state index in [4.69, 9.17) is 14.9 Å². The number of sulfonamides is 1. The van der Waals surface area contributed by atoms with E-state index in [-0.39, 0.29) is 35.3 Å². The molecule has 4 rings (SSSR count). The predicted octanol–water partition coefficient (Wildman–Crippen LogP) is 2.68. The van der Waals surface area contributed by atoms with Gasteiger partial charge in [-0.2, -0.15) is 4.31 Å². The number of nitrogens with two attached hydrogens (primary N) is 1. The van der Waals surface area contributed by atoms with Crippen LogP contribution in [-0.2, 0) is 14.8 Å². The zero-order chi connectivity index (χ0) is 24.3. The molecular formula is C24H25N3O6S. The first kappa shape index (κ1) is 23.7. The van der Waals surface area contributed by atoms with Crippen LogP contribution in [0.3, 0.4) is 0 Å². The van der Waals surface area contributed by atoms with Crippen LogP contribution in [0.2, 0.25) is 0 Å². The lowest BCUT2D eigenvalue weighted by Gasteiger charge is -2.19. The molecule has 34 heavy (non-hydrogen) atoms. The first-order chi connectivity index (χ1) is 16.3. The molecule has 1 unspecified atom stereocenters. The van der Waals surface area contributed by atoms with E-state index in [0.717, 1.165) is 5.39 Å². The Morgan fingerprint density at radius 3 is 2.85 bits per heavy atom. The summed E-state index contributed by atoms with van der Waals surface area (Å²) in [5.74, 6) is -0.509. The first-order valence-electron chi connectivity index (χ1n) is 10.7. The summed E-state index contributed by atoms with van der Waals surface area (Å²) < 4.78 is 38.3. The maximum atomic E-state index is 13.2. The normalized spacial score (nSPS) is 16.8. The second-order valence-corrected chi connectivity index (χ2v) is 10.0. The highest BCUT2D eigenvalue weighted by atomic mass is 32.2. The Morgan fingerprint density at radius 1 is 1.29 bits per heavy atom. The van der Waals surface area contributed by atoms with Gasteiger partial charge in [-0.1, -0.05) is 12.1 Å². The lowest BCUT2D eigenvalue weighted by molar-refractivity contribution is 0.0351. The van der Waals surface area contributed by atoms with Crippen molar-refractivity contribution in [3.8, 4) is 0 Å². The van der Waals surface area contributed by atoms with Crippen LogP contribution < -0.4 is 5.73 Å². The average molecular weight is 484 g/mol. The number of carbonyl (C=O) groups excluding carboxylic acids is 2. The van der Waals surface area contributed by atoms with Gasteiger partial charge in [0.15, 0.2) is 13.0 Å². The molecule has 1 aliphatic heterocycles. The van der Waals surface area contributed by atoms with Gasteiger partial charge in [0.1, 0.15) is 5.58 Å². The number of fused-ring (bicyclic) bond motifs is 1. The summed E-state index contributed by atoms with van der Waals surface area (Å²) in [6, 6.07) is 11.1. The summed E-state index contributed by atoms with van der Waals surface area (Å²) in [4.78, 5) is 25.6. The molecule has 0 radical (unpaired) electrons. The summed E-state index contributed by atoms with van der Waals surface area (Å²) in [7, 11) is -2.16. The van der Waals surface area contributed by atoms with Crippen LogP contribution in [0.25, 0.3) is 17.0 Å². The minimum atomic E-state index is -3.83. The molecule has 3 aromatic rings. The van der Waals surface area contributed by atoms with Crippen molar-refractivity contribution in [1.82, 2.24) is 9.21 Å². The van der Waals surface area contributed by atoms with Crippen molar-refractivity contribution >= 4 is 39.3 Å². The SMILES string of the molecule is CN(/C=C\c1c(C=O)cccc1S(=O)(=O)N1CCC(N)C1)COC(=O)c1ccc2occc2c1. The third-order valence-corrected chi connectivity index (χ3v) is 7.54. The van der Waals surface area contributed by atoms with Gasteiger partial charge in [-0.3, -0.25) is 4.79 Å². The summed E-state index contributed by atoms with van der Waals surface area (Å²) in [5.41, 5.74) is 7.44. The van der Waals surface area contributed by atoms with Crippen LogP contribution in [-0.4, -0.2) is 62.8 Å². The topological polar surface area (TPSA) is 123 Å². The molecule has 1 fully saturated rings. The first-order valence-corrected chi connectivity index (χ1v) is 12.1. The minimum absolute atomic E-state index is 0.0289. The lowest BCUT2D eigenvalue weighted by Crippen LogP contribution is -2.32. The molecule has 0 amide bonds. The maximum Gasteiger partial charge on any atom is 0.339 e. The molecule has 2 aromatic carbocycles. The number of hydrogen-bond donors (Lipinski definition) is 1. The molecule has 1 atom stereocenters. The second kappa shape index (κ2) is 9.80. The van der Waals surface area contributed by atoms with E-state index in [0.29, 0.717) is 30.4 Å². The van der Waals surface area contributed by atoms with Gasteiger partial charge < -0.3 is 19.8 Å². The van der Waals surface area contributed by atoms with Crippen molar-refractivity contribution in [2.24, 2.45) is 5.73 Å². The Bertz CT molecular complexity index is 1350. The molecule has 0 bridgehead atoms. The standard InChI is InChI=1S/C24H25N3O6S/c1-26(16-33-24(29)18-5-6-22-17(13-18)9-12-32-22)10-8-21-19(15-28)3-2-4-23(21)34(30,31)27-11-7-20(25)14-27/h2-6,8-10,12-13,15,20H,7,11,14,16,25H2,1H3/b10-8-. The molecule has 1 saturated heterocycles. The molecule has 10 heteroatoms. The number of benzene rings is 2. The van der Waals surface area contributed by atoms with Gasteiger partial charge in [-0.15, -0.1) is 0 Å². The number of esters is 1. The van der Waals surface area contributed by atoms with Gasteiger partial charge >= 0.3 is 5.97 Å². The Morgan fingerprint density at radius 2 is 2.12 bits per heavy atom. The highest BCUT2D eigenvalue weighted by Crippen LogP contribution is 2.26. The van der Waals surface area contributed by atoms with Crippen molar-refractivity contribution in [3.05, 3.63) is 71.6 Å². The fraction of sp³-hybridized carbons (Fsp3) is 0.250. The molecule has 0 aliphatic carbocycles. The van der Waals surface area contributed by atoms with Crippen molar-refractivity contribution in [2.45, 2.75) is 17.4 Å². The molecule has 0 saturated carbocycles. The van der Waals surface area contributed by atoms with Crippen LogP contribution in [0, 0.1) is 0 Å². The van der Waals surface area contributed by atoms with Gasteiger partial charge in [0.05, 0.1) is 16.7 Å². The molecule has 1 aliphatic rings. The van der Waals surface area contributed by atoms with Crippen LogP contribution in [0.5, 0.6) is 0 Å². The zero-order valence-electron chi connectivity index (χ0n) is 18.6. The highest BCUT2D eigenvalue weighted by Gasteiger charge is 2.32. The number of hydrogen-bond acceptors (Lipinski definition) is 8. The molecule has 2 N–H and O–H groups in total. The minimum Gasteiger partial charge on any atom is -0.464 e. The number of carbonyl (C=O) groups is 2. The summed E-state index contributed by atoms with van der Waals surface area (Å²) in [6.45, 7) is 0.487. The fourth-order valence-electron chi connectivity index (χ4n) is 3.76. The zero-order valence-corrected chi connectivity index (χ0v) is 19.4. The van der Waals surface area contributed by atoms with Crippen LogP contribution in [0.1, 0.15) is 32.7 Å². The van der Waals surface area contributed by atoms with E-state index in [9.17, 15) is 18.0 Å². The number of ether oxygens (including phenoxy) is 1. The Hall–Kier alpha value is -3.47. The van der Waals surface area contributed by atoms with Crippen molar-refractivity contribution in [3.63, 3.8) is 0 Å². The van der Waals surface area contributed by atoms with Gasteiger partial charge in [0.25, 0.3) is 0 Å². The second-order valence-electron chi connectivity index (χ2n) is 8.10. The third-order valence-electron chi connectivity index (χ3n) is 5.62. The summed E-state index contributed by atoms with van der Waals surface area (Å²) in [6.07, 6.45) is 5.82. The predicted molar refractivity (Wildman–Crippen MR) is 126 cm³/mol. The van der Waals surface area contributed by atoms with Crippen LogP contribution in [0.15, 0.2) is 64.2 Å². The van der Waals surface area contributed by atoms with E-state index in [1.165, 1.54) is 22.5 Å². The molecule has 178 valence electrons. The largest absolute Gasteiger partial charge is 0.464 e. The average Bonchev–Trinajstić information content (AvgIpc) is 3.49. The molecule has 9 nitrogen and oxygen atoms in total. The van der Waals surface area contributed by atoms with Crippen LogP contribution in [0.4, 0.5) is 0 Å². The Labute approximate surface area is 197 Å². The van der Waals surface area contributed by atoms with E-state index in [2.05, 4.69) is 0 Å². The van der Waals surface area contributed by atoms with Gasteiger partial charge in [-0.05, 0) is 42.8 Å². The van der Waals surface area contributed by atoms with E-state index < -0.39 is 16.0 Å². The number of rotatable bonds is 8. The Kier molecular flexibility index (Phi) is 6.82. The summed E-state index contributed by atoms with van der Waals surface area (Å²) >= 11 is 0. The fourth-order valence-corrected chi connectivity index (χ4v) is 5.49. The molecule has 2 heterocycles. The smallest absolute Gasteiger partial charge is 0.339 e. The third kappa shape index (κ3) is 4.89. The van der Waals surface area contributed by atoms with Crippen LogP contribution >= 0.6 is 0 Å². The quantitative estimate of drug-likeness (QED) is 0.295. The van der Waals surface area contributed by atoms with Crippen molar-refractivity contribution in [2.75, 3.05) is 26.9 Å². The lowest BCUT2D eigenvalue weighted by atomic mass is 10.1. The van der Waals surface area contributed by atoms with E-state index in [1.54, 1.807) is 54.7 Å². The molecular weight excluding hydrogens is 458 g/mol. The number of aldehydes is 1. The molecule has 1 aromatic heterocycles. The number of furan rings is 1. The van der Waals surface area contributed by atoms with Crippen molar-refractivity contribution in [1.29, 1.82) is 0 Å². The van der Waals surface area contributed by atoms with E-state index >= 15 is 0 Å².